The number of hydrogen-bond donors (Lipinski definition) is 1. The van der Waals surface area contributed by atoms with Crippen molar-refractivity contribution in [3.05, 3.63) is 60.1 Å². The maximum absolute atomic E-state index is 13.6. The number of rotatable bonds is 5. The molecular formula is C25H27F3N6O2. The van der Waals surface area contributed by atoms with E-state index in [9.17, 15) is 18.0 Å². The predicted molar refractivity (Wildman–Crippen MR) is 131 cm³/mol. The van der Waals surface area contributed by atoms with Crippen LogP contribution in [0.25, 0.3) is 0 Å². The van der Waals surface area contributed by atoms with Crippen molar-refractivity contribution in [1.29, 1.82) is 0 Å². The second kappa shape index (κ2) is 10.1. The first-order valence-corrected chi connectivity index (χ1v) is 12.0. The van der Waals surface area contributed by atoms with E-state index < -0.39 is 23.5 Å². The number of amides is 1. The number of para-hydroxylation sites is 1. The van der Waals surface area contributed by atoms with Crippen LogP contribution in [0.3, 0.4) is 0 Å². The lowest BCUT2D eigenvalue weighted by molar-refractivity contribution is -0.141. The molecule has 11 heteroatoms. The lowest BCUT2D eigenvalue weighted by Crippen LogP contribution is -2.46. The van der Waals surface area contributed by atoms with E-state index >= 15 is 0 Å². The number of benzene rings is 1. The molecule has 1 aromatic carbocycles. The first kappa shape index (κ1) is 24.0. The lowest BCUT2D eigenvalue weighted by atomic mass is 10.1. The molecule has 0 spiro atoms. The fraction of sp³-hybridized carbons (Fsp3) is 0.400. The number of carbonyl (C=O) groups is 1. The number of nitrogens with one attached hydrogen (secondary N) is 1. The Kier molecular flexibility index (Phi) is 6.71. The van der Waals surface area contributed by atoms with Crippen LogP contribution in [0.4, 0.5) is 36.4 Å². The van der Waals surface area contributed by atoms with E-state index in [0.29, 0.717) is 13.1 Å². The number of carbonyl (C=O) groups excluding carboxylic acids is 1. The summed E-state index contributed by atoms with van der Waals surface area (Å²) >= 11 is 0. The first-order chi connectivity index (χ1) is 17.4. The third-order valence-corrected chi connectivity index (χ3v) is 6.45. The monoisotopic (exact) mass is 500 g/mol. The normalized spacial score (nSPS) is 16.8. The summed E-state index contributed by atoms with van der Waals surface area (Å²) in [7, 11) is 0. The number of oxazole rings is 1. The molecule has 0 saturated carbocycles. The molecule has 2 aliphatic heterocycles. The van der Waals surface area contributed by atoms with E-state index in [1.165, 1.54) is 11.9 Å². The molecule has 190 valence electrons. The highest BCUT2D eigenvalue weighted by molar-refractivity contribution is 6.03. The van der Waals surface area contributed by atoms with E-state index in [0.717, 1.165) is 51.3 Å². The summed E-state index contributed by atoms with van der Waals surface area (Å²) in [5, 5.41) is 2.47. The van der Waals surface area contributed by atoms with Gasteiger partial charge in [0, 0.05) is 45.0 Å². The summed E-state index contributed by atoms with van der Waals surface area (Å²) in [6.07, 6.45) is -0.697. The maximum atomic E-state index is 13.6. The number of piperazine rings is 1. The Morgan fingerprint density at radius 2 is 1.56 bits per heavy atom. The van der Waals surface area contributed by atoms with Crippen molar-refractivity contribution in [3.8, 4) is 0 Å². The van der Waals surface area contributed by atoms with Gasteiger partial charge in [0.2, 0.25) is 5.76 Å². The number of nitrogens with zero attached hydrogens (tertiary/aromatic N) is 5. The second-order valence-electron chi connectivity index (χ2n) is 8.89. The molecule has 0 unspecified atom stereocenters. The van der Waals surface area contributed by atoms with Crippen LogP contribution in [0.15, 0.2) is 53.1 Å². The molecule has 2 fully saturated rings. The summed E-state index contributed by atoms with van der Waals surface area (Å²) in [5.74, 6) is -1.11. The van der Waals surface area contributed by atoms with Gasteiger partial charge in [0.15, 0.2) is 5.69 Å². The Morgan fingerprint density at radius 3 is 2.19 bits per heavy atom. The summed E-state index contributed by atoms with van der Waals surface area (Å²) < 4.78 is 46.1. The van der Waals surface area contributed by atoms with Crippen LogP contribution in [0.1, 0.15) is 35.5 Å². The van der Waals surface area contributed by atoms with Gasteiger partial charge in [-0.1, -0.05) is 18.2 Å². The second-order valence-corrected chi connectivity index (χ2v) is 8.89. The molecule has 2 aromatic heterocycles. The fourth-order valence-electron chi connectivity index (χ4n) is 4.54. The van der Waals surface area contributed by atoms with E-state index in [1.54, 1.807) is 17.0 Å². The number of hydrogen-bond acceptors (Lipinski definition) is 7. The first-order valence-electron chi connectivity index (χ1n) is 12.0. The van der Waals surface area contributed by atoms with Gasteiger partial charge in [0.25, 0.3) is 11.9 Å². The highest BCUT2D eigenvalue weighted by Crippen LogP contribution is 2.35. The number of alkyl halides is 3. The minimum absolute atomic E-state index is 0.171. The molecule has 0 atom stereocenters. The van der Waals surface area contributed by atoms with Crippen LogP contribution in [0, 0.1) is 0 Å². The summed E-state index contributed by atoms with van der Waals surface area (Å²) in [6.45, 7) is 4.33. The fourth-order valence-corrected chi connectivity index (χ4v) is 4.54. The van der Waals surface area contributed by atoms with Crippen LogP contribution in [0.2, 0.25) is 0 Å². The SMILES string of the molecule is O=C(Nc1ccc(N2CCN(c3ccccc3)CC2)nc1)c1oc(N2CCCCC2)nc1C(F)(F)F. The summed E-state index contributed by atoms with van der Waals surface area (Å²) in [5.41, 5.74) is 0.134. The molecule has 0 radical (unpaired) electrons. The molecule has 5 rings (SSSR count). The van der Waals surface area contributed by atoms with Gasteiger partial charge in [-0.3, -0.25) is 4.79 Å². The van der Waals surface area contributed by atoms with Gasteiger partial charge in [0.1, 0.15) is 5.82 Å². The zero-order valence-corrected chi connectivity index (χ0v) is 19.7. The lowest BCUT2D eigenvalue weighted by Gasteiger charge is -2.36. The van der Waals surface area contributed by atoms with Crippen molar-refractivity contribution in [2.45, 2.75) is 25.4 Å². The van der Waals surface area contributed by atoms with Crippen molar-refractivity contribution < 1.29 is 22.4 Å². The van der Waals surface area contributed by atoms with Gasteiger partial charge < -0.3 is 24.4 Å². The molecular weight excluding hydrogens is 473 g/mol. The quantitative estimate of drug-likeness (QED) is 0.546. The van der Waals surface area contributed by atoms with Crippen molar-refractivity contribution in [2.75, 3.05) is 59.3 Å². The van der Waals surface area contributed by atoms with Gasteiger partial charge in [-0.05, 0) is 43.5 Å². The molecule has 4 heterocycles. The molecule has 0 aliphatic carbocycles. The maximum Gasteiger partial charge on any atom is 0.437 e. The number of halogens is 3. The van der Waals surface area contributed by atoms with Gasteiger partial charge in [-0.25, -0.2) is 4.98 Å². The molecule has 2 saturated heterocycles. The highest BCUT2D eigenvalue weighted by atomic mass is 19.4. The van der Waals surface area contributed by atoms with E-state index in [1.807, 2.05) is 18.2 Å². The predicted octanol–water partition coefficient (Wildman–Crippen LogP) is 4.66. The third kappa shape index (κ3) is 5.24. The van der Waals surface area contributed by atoms with E-state index in [-0.39, 0.29) is 11.7 Å². The van der Waals surface area contributed by atoms with Crippen LogP contribution < -0.4 is 20.0 Å². The van der Waals surface area contributed by atoms with E-state index in [2.05, 4.69) is 37.2 Å². The molecule has 1 N–H and O–H groups in total. The zero-order valence-electron chi connectivity index (χ0n) is 19.7. The van der Waals surface area contributed by atoms with Crippen LogP contribution >= 0.6 is 0 Å². The smallest absolute Gasteiger partial charge is 0.417 e. The van der Waals surface area contributed by atoms with Crippen LogP contribution in [-0.2, 0) is 6.18 Å². The Balaban J connectivity index is 1.24. The van der Waals surface area contributed by atoms with Crippen LogP contribution in [-0.4, -0.2) is 55.1 Å². The largest absolute Gasteiger partial charge is 0.437 e. The zero-order chi connectivity index (χ0) is 25.1. The Hall–Kier alpha value is -3.76. The Bertz CT molecular complexity index is 1170. The molecule has 2 aliphatic rings. The minimum atomic E-state index is -4.81. The Morgan fingerprint density at radius 1 is 0.861 bits per heavy atom. The third-order valence-electron chi connectivity index (χ3n) is 6.45. The highest BCUT2D eigenvalue weighted by Gasteiger charge is 2.42. The van der Waals surface area contributed by atoms with Crippen LogP contribution in [0.5, 0.6) is 0 Å². The average molecular weight is 501 g/mol. The summed E-state index contributed by atoms with van der Waals surface area (Å²) in [4.78, 5) is 26.8. The van der Waals surface area contributed by atoms with E-state index in [4.69, 9.17) is 4.42 Å². The molecule has 36 heavy (non-hydrogen) atoms. The number of piperidine rings is 1. The number of pyridine rings is 1. The molecule has 3 aromatic rings. The average Bonchev–Trinajstić information content (AvgIpc) is 3.37. The van der Waals surface area contributed by atoms with Crippen molar-refractivity contribution in [2.24, 2.45) is 0 Å². The minimum Gasteiger partial charge on any atom is -0.417 e. The molecule has 8 nitrogen and oxygen atoms in total. The van der Waals surface area contributed by atoms with Gasteiger partial charge in [-0.15, -0.1) is 0 Å². The number of aromatic nitrogens is 2. The Labute approximate surface area is 206 Å². The molecule has 0 bridgehead atoms. The number of anilines is 4. The van der Waals surface area contributed by atoms with Crippen molar-refractivity contribution in [1.82, 2.24) is 9.97 Å². The van der Waals surface area contributed by atoms with Gasteiger partial charge >= 0.3 is 6.18 Å². The topological polar surface area (TPSA) is 77.7 Å². The summed E-state index contributed by atoms with van der Waals surface area (Å²) in [6, 6.07) is 13.4. The van der Waals surface area contributed by atoms with Gasteiger partial charge in [0.05, 0.1) is 11.9 Å². The van der Waals surface area contributed by atoms with Crippen molar-refractivity contribution in [3.63, 3.8) is 0 Å². The molecule has 1 amide bonds. The van der Waals surface area contributed by atoms with Crippen molar-refractivity contribution >= 4 is 29.1 Å². The van der Waals surface area contributed by atoms with Gasteiger partial charge in [-0.2, -0.15) is 18.2 Å². The standard InChI is InChI=1S/C25H27F3N6O2/c26-25(27,28)22-21(36-24(31-22)34-11-5-2-6-12-34)23(35)30-18-9-10-20(29-17-18)33-15-13-32(14-16-33)19-7-3-1-4-8-19/h1,3-4,7-10,17H,2,5-6,11-16H2,(H,30,35).